The molecule has 3 rings (SSSR count). The molecule has 1 amide bonds. The van der Waals surface area contributed by atoms with Crippen molar-refractivity contribution in [2.75, 3.05) is 36.4 Å². The van der Waals surface area contributed by atoms with Gasteiger partial charge in [0, 0.05) is 39.3 Å². The van der Waals surface area contributed by atoms with E-state index in [0.717, 1.165) is 30.3 Å². The molecule has 1 aliphatic rings. The van der Waals surface area contributed by atoms with Crippen LogP contribution in [-0.2, 0) is 4.79 Å². The van der Waals surface area contributed by atoms with Crippen molar-refractivity contribution in [1.29, 1.82) is 0 Å². The average molecular weight is 355 g/mol. The van der Waals surface area contributed by atoms with Gasteiger partial charge in [-0.2, -0.15) is 4.98 Å². The number of amides is 1. The number of anilines is 3. The van der Waals surface area contributed by atoms with Gasteiger partial charge >= 0.3 is 0 Å². The van der Waals surface area contributed by atoms with Crippen LogP contribution in [0.2, 0.25) is 0 Å². The second kappa shape index (κ2) is 8.03. The lowest BCUT2D eigenvalue weighted by atomic mass is 10.3. The molecule has 0 aliphatic carbocycles. The van der Waals surface area contributed by atoms with E-state index in [9.17, 15) is 4.79 Å². The third-order valence-electron chi connectivity index (χ3n) is 4.19. The number of ether oxygens (including phenoxy) is 1. The van der Waals surface area contributed by atoms with Gasteiger partial charge < -0.3 is 19.9 Å². The van der Waals surface area contributed by atoms with Crippen LogP contribution in [0.25, 0.3) is 0 Å². The molecule has 26 heavy (non-hydrogen) atoms. The van der Waals surface area contributed by atoms with Gasteiger partial charge in [0.05, 0.1) is 11.8 Å². The quantitative estimate of drug-likeness (QED) is 0.889. The maximum atomic E-state index is 11.5. The van der Waals surface area contributed by atoms with Gasteiger partial charge in [0.1, 0.15) is 11.6 Å². The van der Waals surface area contributed by atoms with Gasteiger partial charge in [0.2, 0.25) is 11.9 Å². The van der Waals surface area contributed by atoms with E-state index in [1.807, 2.05) is 49.1 Å². The lowest BCUT2D eigenvalue weighted by Crippen LogP contribution is -2.48. The molecule has 0 spiro atoms. The van der Waals surface area contributed by atoms with Crippen LogP contribution in [0.5, 0.6) is 5.75 Å². The third kappa shape index (κ3) is 4.41. The smallest absolute Gasteiger partial charge is 0.229 e. The molecule has 138 valence electrons. The first-order chi connectivity index (χ1) is 12.5. The molecule has 7 heteroatoms. The summed E-state index contributed by atoms with van der Waals surface area (Å²) in [5.41, 5.74) is 0.833. The molecular formula is C19H25N5O2. The van der Waals surface area contributed by atoms with E-state index in [-0.39, 0.29) is 12.0 Å². The van der Waals surface area contributed by atoms with Crippen molar-refractivity contribution in [3.63, 3.8) is 0 Å². The first-order valence-electron chi connectivity index (χ1n) is 8.89. The molecule has 1 saturated heterocycles. The van der Waals surface area contributed by atoms with Crippen LogP contribution in [-0.4, -0.2) is 53.1 Å². The highest BCUT2D eigenvalue weighted by Crippen LogP contribution is 2.27. The summed E-state index contributed by atoms with van der Waals surface area (Å²) in [6.45, 7) is 8.56. The highest BCUT2D eigenvalue weighted by atomic mass is 16.5. The van der Waals surface area contributed by atoms with E-state index in [1.54, 1.807) is 13.1 Å². The van der Waals surface area contributed by atoms with Crippen LogP contribution in [0.15, 0.2) is 36.5 Å². The number of rotatable bonds is 5. The minimum atomic E-state index is 0.0859. The van der Waals surface area contributed by atoms with Crippen molar-refractivity contribution < 1.29 is 9.53 Å². The van der Waals surface area contributed by atoms with Crippen molar-refractivity contribution >= 4 is 23.4 Å². The van der Waals surface area contributed by atoms with Gasteiger partial charge in [-0.3, -0.25) is 4.79 Å². The number of nitrogens with one attached hydrogen (secondary N) is 1. The fourth-order valence-corrected chi connectivity index (χ4v) is 2.88. The van der Waals surface area contributed by atoms with Crippen LogP contribution in [0.1, 0.15) is 20.8 Å². The van der Waals surface area contributed by atoms with E-state index in [1.165, 1.54) is 0 Å². The topological polar surface area (TPSA) is 70.6 Å². The molecule has 1 N–H and O–H groups in total. The zero-order chi connectivity index (χ0) is 18.5. The third-order valence-corrected chi connectivity index (χ3v) is 4.19. The summed E-state index contributed by atoms with van der Waals surface area (Å²) in [6, 6.07) is 9.65. The second-order valence-electron chi connectivity index (χ2n) is 6.52. The number of piperazine rings is 1. The van der Waals surface area contributed by atoms with Crippen LogP contribution >= 0.6 is 0 Å². The number of carbonyl (C=O) groups is 1. The fraction of sp³-hybridized carbons (Fsp3) is 0.421. The van der Waals surface area contributed by atoms with E-state index < -0.39 is 0 Å². The minimum Gasteiger partial charge on any atom is -0.489 e. The zero-order valence-corrected chi connectivity index (χ0v) is 15.5. The normalized spacial score (nSPS) is 14.5. The van der Waals surface area contributed by atoms with Gasteiger partial charge in [-0.25, -0.2) is 4.98 Å². The summed E-state index contributed by atoms with van der Waals surface area (Å²) in [7, 11) is 0. The first kappa shape index (κ1) is 18.0. The van der Waals surface area contributed by atoms with Crippen LogP contribution in [0.3, 0.4) is 0 Å². The molecule has 1 aliphatic heterocycles. The highest BCUT2D eigenvalue weighted by molar-refractivity contribution is 5.73. The summed E-state index contributed by atoms with van der Waals surface area (Å²) in [5.74, 6) is 2.27. The van der Waals surface area contributed by atoms with Gasteiger partial charge in [-0.05, 0) is 32.0 Å². The molecule has 2 heterocycles. The summed E-state index contributed by atoms with van der Waals surface area (Å²) in [6.07, 6.45) is 1.83. The van der Waals surface area contributed by atoms with Crippen molar-refractivity contribution in [2.24, 2.45) is 0 Å². The Balaban J connectivity index is 1.72. The molecule has 7 nitrogen and oxygen atoms in total. The number of hydrogen-bond donors (Lipinski definition) is 1. The van der Waals surface area contributed by atoms with Crippen LogP contribution in [0, 0.1) is 0 Å². The van der Waals surface area contributed by atoms with Crippen molar-refractivity contribution in [2.45, 2.75) is 26.9 Å². The Labute approximate surface area is 154 Å². The lowest BCUT2D eigenvalue weighted by molar-refractivity contribution is -0.129. The number of para-hydroxylation sites is 2. The predicted octanol–water partition coefficient (Wildman–Crippen LogP) is 2.68. The van der Waals surface area contributed by atoms with Gasteiger partial charge in [0.15, 0.2) is 0 Å². The summed E-state index contributed by atoms with van der Waals surface area (Å²) in [5, 5.41) is 3.25. The van der Waals surface area contributed by atoms with Crippen LogP contribution in [0.4, 0.5) is 17.5 Å². The monoisotopic (exact) mass is 355 g/mol. The molecular weight excluding hydrogens is 330 g/mol. The predicted molar refractivity (Wildman–Crippen MR) is 102 cm³/mol. The molecule has 2 aromatic rings. The SMILES string of the molecule is CC(=O)N1CCN(c2ccnc(Nc3ccccc3OC(C)C)n2)CC1. The Morgan fingerprint density at radius 1 is 1.15 bits per heavy atom. The van der Waals surface area contributed by atoms with Crippen molar-refractivity contribution in [3.8, 4) is 5.75 Å². The molecule has 1 aromatic carbocycles. The van der Waals surface area contributed by atoms with E-state index in [0.29, 0.717) is 19.0 Å². The van der Waals surface area contributed by atoms with Gasteiger partial charge in [0.25, 0.3) is 0 Å². The molecule has 0 radical (unpaired) electrons. The summed E-state index contributed by atoms with van der Waals surface area (Å²) >= 11 is 0. The summed E-state index contributed by atoms with van der Waals surface area (Å²) < 4.78 is 5.83. The average Bonchev–Trinajstić information content (AvgIpc) is 2.63. The Kier molecular flexibility index (Phi) is 5.55. The fourth-order valence-electron chi connectivity index (χ4n) is 2.88. The van der Waals surface area contributed by atoms with Gasteiger partial charge in [-0.15, -0.1) is 0 Å². The van der Waals surface area contributed by atoms with Gasteiger partial charge in [-0.1, -0.05) is 12.1 Å². The second-order valence-corrected chi connectivity index (χ2v) is 6.52. The lowest BCUT2D eigenvalue weighted by Gasteiger charge is -2.34. The van der Waals surface area contributed by atoms with E-state index in [2.05, 4.69) is 20.2 Å². The molecule has 0 bridgehead atoms. The Hall–Kier alpha value is -2.83. The number of nitrogens with zero attached hydrogens (tertiary/aromatic N) is 4. The Bertz CT molecular complexity index is 757. The first-order valence-corrected chi connectivity index (χ1v) is 8.89. The standard InChI is InChI=1S/C19H25N5O2/c1-14(2)26-17-7-5-4-6-16(17)21-19-20-9-8-18(22-19)24-12-10-23(11-13-24)15(3)25/h4-9,14H,10-13H2,1-3H3,(H,20,21,22). The molecule has 1 fully saturated rings. The zero-order valence-electron chi connectivity index (χ0n) is 15.5. The number of benzene rings is 1. The highest BCUT2D eigenvalue weighted by Gasteiger charge is 2.20. The van der Waals surface area contributed by atoms with Crippen LogP contribution < -0.4 is 15.0 Å². The number of carbonyl (C=O) groups excluding carboxylic acids is 1. The Morgan fingerprint density at radius 3 is 2.58 bits per heavy atom. The van der Waals surface area contributed by atoms with Crippen molar-refractivity contribution in [1.82, 2.24) is 14.9 Å². The summed E-state index contributed by atoms with van der Waals surface area (Å²) in [4.78, 5) is 24.4. The molecule has 0 saturated carbocycles. The molecule has 1 aromatic heterocycles. The minimum absolute atomic E-state index is 0.0859. The number of hydrogen-bond acceptors (Lipinski definition) is 6. The van der Waals surface area contributed by atoms with E-state index >= 15 is 0 Å². The molecule has 0 unspecified atom stereocenters. The number of aromatic nitrogens is 2. The molecule has 0 atom stereocenters. The largest absolute Gasteiger partial charge is 0.489 e. The Morgan fingerprint density at radius 2 is 1.88 bits per heavy atom. The maximum absolute atomic E-state index is 11.5. The van der Waals surface area contributed by atoms with E-state index in [4.69, 9.17) is 4.74 Å². The maximum Gasteiger partial charge on any atom is 0.229 e. The van der Waals surface area contributed by atoms with Crippen molar-refractivity contribution in [3.05, 3.63) is 36.5 Å².